The van der Waals surface area contributed by atoms with Gasteiger partial charge in [0.1, 0.15) is 17.4 Å². The van der Waals surface area contributed by atoms with Crippen molar-refractivity contribution in [2.45, 2.75) is 50.9 Å². The van der Waals surface area contributed by atoms with Crippen LogP contribution in [0.3, 0.4) is 0 Å². The van der Waals surface area contributed by atoms with Crippen molar-refractivity contribution in [2.24, 2.45) is 0 Å². The molecule has 0 unspecified atom stereocenters. The molecule has 3 aromatic rings. The molecule has 0 atom stereocenters. The summed E-state index contributed by atoms with van der Waals surface area (Å²) in [5.74, 6) is 0.438. The lowest BCUT2D eigenvalue weighted by Gasteiger charge is -2.12. The molecule has 1 aliphatic rings. The third kappa shape index (κ3) is 6.67. The number of nitrogens with one attached hydrogen (secondary N) is 1. The average Bonchev–Trinajstić information content (AvgIpc) is 3.44. The molecule has 0 spiro atoms. The number of thiophene rings is 1. The topological polar surface area (TPSA) is 95.3 Å². The Bertz CT molecular complexity index is 1310. The first-order valence-electron chi connectivity index (χ1n) is 11.8. The minimum atomic E-state index is -0.389. The predicted octanol–water partition coefficient (Wildman–Crippen LogP) is 6.20. The molecule has 196 valence electrons. The van der Waals surface area contributed by atoms with Crippen molar-refractivity contribution < 1.29 is 19.1 Å². The number of carbonyl (C=O) groups excluding carboxylic acids is 2. The fraction of sp³-hybridized carbons (Fsp3) is 0.360. The second kappa shape index (κ2) is 12.8. The van der Waals surface area contributed by atoms with Crippen molar-refractivity contribution in [3.63, 3.8) is 0 Å². The third-order valence-corrected chi connectivity index (χ3v) is 8.31. The van der Waals surface area contributed by atoms with Crippen LogP contribution < -0.4 is 10.1 Å². The number of carbonyl (C=O) groups is 2. The lowest BCUT2D eigenvalue weighted by atomic mass is 9.95. The Morgan fingerprint density at radius 1 is 1.27 bits per heavy atom. The largest absolute Gasteiger partial charge is 0.484 e. The van der Waals surface area contributed by atoms with Gasteiger partial charge in [-0.25, -0.2) is 4.79 Å². The molecular weight excluding hydrogens is 555 g/mol. The van der Waals surface area contributed by atoms with E-state index in [-0.39, 0.29) is 30.8 Å². The van der Waals surface area contributed by atoms with Gasteiger partial charge in [-0.05, 0) is 50.3 Å². The maximum atomic E-state index is 12.9. The summed E-state index contributed by atoms with van der Waals surface area (Å²) in [6, 6.07) is 4.97. The van der Waals surface area contributed by atoms with E-state index in [0.29, 0.717) is 43.9 Å². The molecule has 12 heteroatoms. The minimum absolute atomic E-state index is 0.0844. The van der Waals surface area contributed by atoms with E-state index in [4.69, 9.17) is 32.7 Å². The van der Waals surface area contributed by atoms with Crippen LogP contribution in [-0.4, -0.2) is 39.0 Å². The minimum Gasteiger partial charge on any atom is -0.484 e. The van der Waals surface area contributed by atoms with Crippen LogP contribution in [-0.2, 0) is 35.5 Å². The smallest absolute Gasteiger partial charge is 0.341 e. The Morgan fingerprint density at radius 2 is 2.08 bits per heavy atom. The summed E-state index contributed by atoms with van der Waals surface area (Å²) < 4.78 is 12.9. The molecule has 1 aromatic carbocycles. The Kier molecular flexibility index (Phi) is 9.53. The number of amides is 1. The van der Waals surface area contributed by atoms with E-state index in [0.717, 1.165) is 36.1 Å². The Labute approximate surface area is 233 Å². The monoisotopic (exact) mass is 580 g/mol. The number of hydrogen-bond donors (Lipinski definition) is 1. The molecule has 0 bridgehead atoms. The standard InChI is InChI=1S/C25H26Cl2N4O4S2/c1-3-11-31-20(13-35-18-12-15(26)9-10-17(18)27)29-30-25(31)36-14-21(32)28-23-22(24(33)34-4-2)16-7-5-6-8-19(16)37-23/h3,9-10,12H,1,4-8,11,13-14H2,2H3,(H,28,32). The zero-order valence-corrected chi connectivity index (χ0v) is 23.4. The number of allylic oxidation sites excluding steroid dienone is 1. The molecule has 2 aromatic heterocycles. The number of nitrogens with zero attached hydrogens (tertiary/aromatic N) is 3. The van der Waals surface area contributed by atoms with E-state index in [1.165, 1.54) is 23.1 Å². The first-order chi connectivity index (χ1) is 17.9. The molecule has 0 saturated heterocycles. The summed E-state index contributed by atoms with van der Waals surface area (Å²) in [5.41, 5.74) is 1.50. The molecule has 2 heterocycles. The van der Waals surface area contributed by atoms with E-state index >= 15 is 0 Å². The SMILES string of the molecule is C=CCn1c(COc2cc(Cl)ccc2Cl)nnc1SCC(=O)Nc1sc2c(c1C(=O)OCC)CCCC2. The number of benzene rings is 1. The van der Waals surface area contributed by atoms with E-state index in [1.807, 2.05) is 4.57 Å². The number of esters is 1. The van der Waals surface area contributed by atoms with Gasteiger partial charge in [-0.3, -0.25) is 9.36 Å². The van der Waals surface area contributed by atoms with E-state index < -0.39 is 0 Å². The first kappa shape index (κ1) is 27.5. The number of aromatic nitrogens is 3. The summed E-state index contributed by atoms with van der Waals surface area (Å²) in [5, 5.41) is 13.4. The molecule has 0 aliphatic heterocycles. The van der Waals surface area contributed by atoms with Gasteiger partial charge < -0.3 is 14.8 Å². The van der Waals surface area contributed by atoms with Crippen molar-refractivity contribution in [1.82, 2.24) is 14.8 Å². The van der Waals surface area contributed by atoms with Crippen molar-refractivity contribution in [3.05, 3.63) is 62.7 Å². The second-order valence-corrected chi connectivity index (χ2v) is 11.0. The lowest BCUT2D eigenvalue weighted by molar-refractivity contribution is -0.113. The third-order valence-electron chi connectivity index (χ3n) is 5.59. The molecule has 0 fully saturated rings. The molecule has 1 N–H and O–H groups in total. The summed E-state index contributed by atoms with van der Waals surface area (Å²) in [6.45, 7) is 6.39. The fourth-order valence-electron chi connectivity index (χ4n) is 3.94. The lowest BCUT2D eigenvalue weighted by Crippen LogP contribution is -2.17. The first-order valence-corrected chi connectivity index (χ1v) is 14.3. The van der Waals surface area contributed by atoms with Gasteiger partial charge >= 0.3 is 5.97 Å². The normalized spacial score (nSPS) is 12.6. The van der Waals surface area contributed by atoms with Gasteiger partial charge in [0, 0.05) is 22.5 Å². The van der Waals surface area contributed by atoms with Gasteiger partial charge in [-0.15, -0.1) is 28.1 Å². The van der Waals surface area contributed by atoms with Crippen LogP contribution >= 0.6 is 46.3 Å². The Hall–Kier alpha value is -2.53. The summed E-state index contributed by atoms with van der Waals surface area (Å²) in [4.78, 5) is 26.7. The average molecular weight is 582 g/mol. The van der Waals surface area contributed by atoms with Crippen LogP contribution in [0, 0.1) is 0 Å². The van der Waals surface area contributed by atoms with Crippen LogP contribution in [0.1, 0.15) is 46.4 Å². The zero-order chi connectivity index (χ0) is 26.4. The number of rotatable bonds is 11. The summed E-state index contributed by atoms with van der Waals surface area (Å²) in [7, 11) is 0. The van der Waals surface area contributed by atoms with Crippen molar-refractivity contribution in [2.75, 3.05) is 17.7 Å². The number of hydrogen-bond acceptors (Lipinski definition) is 8. The van der Waals surface area contributed by atoms with Crippen molar-refractivity contribution in [3.8, 4) is 5.75 Å². The van der Waals surface area contributed by atoms with Gasteiger partial charge in [-0.2, -0.15) is 0 Å². The number of thioether (sulfide) groups is 1. The van der Waals surface area contributed by atoms with Gasteiger partial charge in [0.15, 0.2) is 11.0 Å². The maximum Gasteiger partial charge on any atom is 0.341 e. The quantitative estimate of drug-likeness (QED) is 0.164. The molecule has 37 heavy (non-hydrogen) atoms. The molecule has 1 aliphatic carbocycles. The second-order valence-electron chi connectivity index (χ2n) is 8.13. The molecule has 1 amide bonds. The van der Waals surface area contributed by atoms with E-state index in [2.05, 4.69) is 22.1 Å². The van der Waals surface area contributed by atoms with Crippen LogP contribution in [0.15, 0.2) is 36.0 Å². The van der Waals surface area contributed by atoms with Crippen LogP contribution in [0.2, 0.25) is 10.0 Å². The van der Waals surface area contributed by atoms with Gasteiger partial charge in [0.25, 0.3) is 0 Å². The zero-order valence-electron chi connectivity index (χ0n) is 20.2. The molecule has 0 saturated carbocycles. The molecular formula is C25H26Cl2N4O4S2. The molecule has 4 rings (SSSR count). The Balaban J connectivity index is 1.43. The summed E-state index contributed by atoms with van der Waals surface area (Å²) >= 11 is 14.9. The van der Waals surface area contributed by atoms with Crippen molar-refractivity contribution >= 4 is 63.2 Å². The van der Waals surface area contributed by atoms with Crippen molar-refractivity contribution in [1.29, 1.82) is 0 Å². The van der Waals surface area contributed by atoms with Crippen LogP contribution in [0.5, 0.6) is 5.75 Å². The molecule has 0 radical (unpaired) electrons. The van der Waals surface area contributed by atoms with E-state index in [9.17, 15) is 9.59 Å². The number of aryl methyl sites for hydroxylation is 1. The highest BCUT2D eigenvalue weighted by molar-refractivity contribution is 7.99. The van der Waals surface area contributed by atoms with E-state index in [1.54, 1.807) is 31.2 Å². The van der Waals surface area contributed by atoms with Gasteiger partial charge in [0.05, 0.1) is 22.9 Å². The maximum absolute atomic E-state index is 12.9. The number of fused-ring (bicyclic) bond motifs is 1. The fourth-order valence-corrected chi connectivity index (χ4v) is 6.34. The highest BCUT2D eigenvalue weighted by Gasteiger charge is 2.27. The predicted molar refractivity (Wildman–Crippen MR) is 147 cm³/mol. The Morgan fingerprint density at radius 3 is 2.86 bits per heavy atom. The number of anilines is 1. The number of ether oxygens (including phenoxy) is 2. The van der Waals surface area contributed by atoms with Crippen LogP contribution in [0.25, 0.3) is 0 Å². The highest BCUT2D eigenvalue weighted by atomic mass is 35.5. The van der Waals surface area contributed by atoms with Gasteiger partial charge in [0.2, 0.25) is 5.91 Å². The number of halogens is 2. The molecule has 8 nitrogen and oxygen atoms in total. The summed E-state index contributed by atoms with van der Waals surface area (Å²) in [6.07, 6.45) is 5.54. The van der Waals surface area contributed by atoms with Crippen LogP contribution in [0.4, 0.5) is 5.00 Å². The highest BCUT2D eigenvalue weighted by Crippen LogP contribution is 2.38. The van der Waals surface area contributed by atoms with Gasteiger partial charge in [-0.1, -0.05) is 41.0 Å².